The van der Waals surface area contributed by atoms with Crippen molar-refractivity contribution in [2.24, 2.45) is 16.3 Å². The van der Waals surface area contributed by atoms with Crippen molar-refractivity contribution in [3.63, 3.8) is 0 Å². The molecule has 0 aliphatic carbocycles. The zero-order valence-electron chi connectivity index (χ0n) is 11.3. The highest BCUT2D eigenvalue weighted by Gasteiger charge is 2.33. The van der Waals surface area contributed by atoms with Crippen molar-refractivity contribution in [2.45, 2.75) is 52.4 Å². The van der Waals surface area contributed by atoms with Crippen LogP contribution < -0.4 is 5.73 Å². The molecule has 0 amide bonds. The average Bonchev–Trinajstić information content (AvgIpc) is 2.36. The molecule has 1 aliphatic heterocycles. The Kier molecular flexibility index (Phi) is 5.75. The lowest BCUT2D eigenvalue weighted by Gasteiger charge is -2.38. The Labute approximate surface area is 105 Å². The van der Waals surface area contributed by atoms with Gasteiger partial charge in [0.15, 0.2) is 0 Å². The number of nitrogens with two attached hydrogens (primary N) is 1. The first-order valence-corrected chi connectivity index (χ1v) is 6.83. The van der Waals surface area contributed by atoms with Crippen molar-refractivity contribution in [3.05, 3.63) is 0 Å². The average molecular weight is 241 g/mol. The standard InChI is InChI=1S/C13H27N3O/c1-3-4-5-6-9-16-10-7-13(2,8-11-16)12(14)15-17/h17H,3-11H2,1-2H3,(H2,14,15). The van der Waals surface area contributed by atoms with Gasteiger partial charge in [-0.3, -0.25) is 0 Å². The summed E-state index contributed by atoms with van der Waals surface area (Å²) in [6, 6.07) is 0. The Morgan fingerprint density at radius 3 is 2.47 bits per heavy atom. The van der Waals surface area contributed by atoms with Crippen molar-refractivity contribution < 1.29 is 5.21 Å². The van der Waals surface area contributed by atoms with Gasteiger partial charge in [0.25, 0.3) is 0 Å². The zero-order valence-corrected chi connectivity index (χ0v) is 11.3. The number of oxime groups is 1. The molecule has 0 aromatic rings. The molecule has 0 aromatic carbocycles. The molecule has 1 aliphatic rings. The first-order valence-electron chi connectivity index (χ1n) is 6.83. The lowest BCUT2D eigenvalue weighted by Crippen LogP contribution is -2.45. The van der Waals surface area contributed by atoms with Crippen LogP contribution in [-0.4, -0.2) is 35.6 Å². The highest BCUT2D eigenvalue weighted by atomic mass is 16.4. The number of rotatable bonds is 6. The molecule has 1 saturated heterocycles. The molecule has 4 nitrogen and oxygen atoms in total. The molecule has 1 fully saturated rings. The number of hydrogen-bond acceptors (Lipinski definition) is 3. The smallest absolute Gasteiger partial charge is 0.145 e. The van der Waals surface area contributed by atoms with E-state index in [0.717, 1.165) is 25.9 Å². The molecular weight excluding hydrogens is 214 g/mol. The molecule has 0 bridgehead atoms. The van der Waals surface area contributed by atoms with E-state index in [9.17, 15) is 0 Å². The maximum Gasteiger partial charge on any atom is 0.145 e. The van der Waals surface area contributed by atoms with Crippen LogP contribution in [0, 0.1) is 5.41 Å². The Morgan fingerprint density at radius 2 is 1.94 bits per heavy atom. The Morgan fingerprint density at radius 1 is 1.29 bits per heavy atom. The summed E-state index contributed by atoms with van der Waals surface area (Å²) in [7, 11) is 0. The second kappa shape index (κ2) is 6.84. The van der Waals surface area contributed by atoms with E-state index >= 15 is 0 Å². The molecule has 0 aromatic heterocycles. The van der Waals surface area contributed by atoms with E-state index in [0.29, 0.717) is 5.84 Å². The zero-order chi connectivity index (χ0) is 12.7. The van der Waals surface area contributed by atoms with Crippen LogP contribution in [0.3, 0.4) is 0 Å². The van der Waals surface area contributed by atoms with Gasteiger partial charge in [-0.2, -0.15) is 0 Å². The first-order chi connectivity index (χ1) is 8.12. The Bertz CT molecular complexity index is 245. The quantitative estimate of drug-likeness (QED) is 0.247. The van der Waals surface area contributed by atoms with Crippen LogP contribution in [0.4, 0.5) is 0 Å². The normalized spacial score (nSPS) is 21.6. The Balaban J connectivity index is 2.26. The highest BCUT2D eigenvalue weighted by molar-refractivity contribution is 5.85. The van der Waals surface area contributed by atoms with Crippen LogP contribution in [-0.2, 0) is 0 Å². The SMILES string of the molecule is CCCCCCN1CCC(C)(C(N)=NO)CC1. The van der Waals surface area contributed by atoms with Gasteiger partial charge >= 0.3 is 0 Å². The van der Waals surface area contributed by atoms with Gasteiger partial charge in [-0.05, 0) is 38.9 Å². The lowest BCUT2D eigenvalue weighted by atomic mass is 9.79. The maximum absolute atomic E-state index is 8.77. The number of nitrogens with zero attached hydrogens (tertiary/aromatic N) is 2. The van der Waals surface area contributed by atoms with Gasteiger partial charge < -0.3 is 15.8 Å². The highest BCUT2D eigenvalue weighted by Crippen LogP contribution is 2.31. The summed E-state index contributed by atoms with van der Waals surface area (Å²) >= 11 is 0. The van der Waals surface area contributed by atoms with Crippen LogP contribution in [0.5, 0.6) is 0 Å². The second-order valence-electron chi connectivity index (χ2n) is 5.45. The molecule has 1 heterocycles. The van der Waals surface area contributed by atoms with E-state index in [1.165, 1.54) is 32.2 Å². The summed E-state index contributed by atoms with van der Waals surface area (Å²) in [5, 5.41) is 11.9. The molecule has 4 heteroatoms. The number of amidine groups is 1. The molecule has 0 saturated carbocycles. The van der Waals surface area contributed by atoms with Gasteiger partial charge in [0.1, 0.15) is 5.84 Å². The maximum atomic E-state index is 8.77. The molecule has 0 unspecified atom stereocenters. The van der Waals surface area contributed by atoms with Gasteiger partial charge in [-0.25, -0.2) is 0 Å². The van der Waals surface area contributed by atoms with Gasteiger partial charge in [0.05, 0.1) is 0 Å². The molecule has 0 atom stereocenters. The minimum Gasteiger partial charge on any atom is -0.409 e. The van der Waals surface area contributed by atoms with Gasteiger partial charge in [0, 0.05) is 5.41 Å². The van der Waals surface area contributed by atoms with E-state index in [1.54, 1.807) is 0 Å². The van der Waals surface area contributed by atoms with Crippen LogP contribution in [0.25, 0.3) is 0 Å². The Hall–Kier alpha value is -0.770. The number of unbranched alkanes of at least 4 members (excludes halogenated alkanes) is 3. The number of likely N-dealkylation sites (tertiary alicyclic amines) is 1. The van der Waals surface area contributed by atoms with E-state index in [-0.39, 0.29) is 5.41 Å². The summed E-state index contributed by atoms with van der Waals surface area (Å²) in [6.07, 6.45) is 7.27. The largest absolute Gasteiger partial charge is 0.409 e. The molecule has 3 N–H and O–H groups in total. The van der Waals surface area contributed by atoms with Crippen molar-refractivity contribution in [1.82, 2.24) is 4.90 Å². The summed E-state index contributed by atoms with van der Waals surface area (Å²) in [5.41, 5.74) is 5.65. The third-order valence-electron chi connectivity index (χ3n) is 4.01. The minimum absolute atomic E-state index is 0.103. The van der Waals surface area contributed by atoms with Crippen molar-refractivity contribution in [3.8, 4) is 0 Å². The fourth-order valence-electron chi connectivity index (χ4n) is 2.41. The molecule has 0 radical (unpaired) electrons. The molecular formula is C13H27N3O. The monoisotopic (exact) mass is 241 g/mol. The van der Waals surface area contributed by atoms with Gasteiger partial charge in [-0.15, -0.1) is 0 Å². The topological polar surface area (TPSA) is 61.8 Å². The van der Waals surface area contributed by atoms with E-state index in [4.69, 9.17) is 10.9 Å². The van der Waals surface area contributed by atoms with Crippen molar-refractivity contribution in [2.75, 3.05) is 19.6 Å². The minimum atomic E-state index is -0.103. The predicted octanol–water partition coefficient (Wildman–Crippen LogP) is 2.42. The summed E-state index contributed by atoms with van der Waals surface area (Å²) in [4.78, 5) is 2.50. The van der Waals surface area contributed by atoms with E-state index in [2.05, 4.69) is 23.9 Å². The molecule has 17 heavy (non-hydrogen) atoms. The van der Waals surface area contributed by atoms with E-state index in [1.807, 2.05) is 0 Å². The van der Waals surface area contributed by atoms with Crippen molar-refractivity contribution in [1.29, 1.82) is 0 Å². The second-order valence-corrected chi connectivity index (χ2v) is 5.45. The van der Waals surface area contributed by atoms with Crippen LogP contribution in [0.2, 0.25) is 0 Å². The number of hydrogen-bond donors (Lipinski definition) is 2. The summed E-state index contributed by atoms with van der Waals surface area (Å²) in [6.45, 7) is 7.67. The van der Waals surface area contributed by atoms with Crippen LogP contribution >= 0.6 is 0 Å². The fourth-order valence-corrected chi connectivity index (χ4v) is 2.41. The fraction of sp³-hybridized carbons (Fsp3) is 0.923. The summed E-state index contributed by atoms with van der Waals surface area (Å²) < 4.78 is 0. The van der Waals surface area contributed by atoms with Gasteiger partial charge in [0.2, 0.25) is 0 Å². The first kappa shape index (κ1) is 14.3. The van der Waals surface area contributed by atoms with E-state index < -0.39 is 0 Å². The van der Waals surface area contributed by atoms with Gasteiger partial charge in [-0.1, -0.05) is 38.3 Å². The molecule has 0 spiro atoms. The predicted molar refractivity (Wildman–Crippen MR) is 71.3 cm³/mol. The number of piperidine rings is 1. The molecule has 100 valence electrons. The third kappa shape index (κ3) is 4.19. The third-order valence-corrected chi connectivity index (χ3v) is 4.01. The van der Waals surface area contributed by atoms with Crippen molar-refractivity contribution >= 4 is 5.84 Å². The summed E-state index contributed by atoms with van der Waals surface area (Å²) in [5.74, 6) is 0.392. The van der Waals surface area contributed by atoms with Crippen LogP contribution in [0.15, 0.2) is 5.16 Å². The molecule has 1 rings (SSSR count). The van der Waals surface area contributed by atoms with Crippen LogP contribution in [0.1, 0.15) is 52.4 Å². The lowest BCUT2D eigenvalue weighted by molar-refractivity contribution is 0.157.